The average Bonchev–Trinajstić information content (AvgIpc) is 4.22. The molecule has 4 aliphatic rings. The Morgan fingerprint density at radius 2 is 0.444 bits per heavy atom. The number of rotatable bonds is 10. The summed E-state index contributed by atoms with van der Waals surface area (Å²) in [4.78, 5) is 167. The minimum atomic E-state index is -1.18. The van der Waals surface area contributed by atoms with Gasteiger partial charge < -0.3 is 29.9 Å². The largest absolute Gasteiger partial charge is 0.480 e. The van der Waals surface area contributed by atoms with Crippen LogP contribution in [0, 0.1) is 21.7 Å². The molecule has 0 saturated heterocycles. The van der Waals surface area contributed by atoms with Crippen molar-refractivity contribution in [2.24, 2.45) is 21.7 Å². The first-order chi connectivity index (χ1) is 40.5. The third-order valence-corrected chi connectivity index (χ3v) is 13.2. The first-order valence-corrected chi connectivity index (χ1v) is 27.6. The molecule has 24 nitrogen and oxygen atoms in total. The van der Waals surface area contributed by atoms with Crippen LogP contribution in [0.5, 0.6) is 0 Å². The van der Waals surface area contributed by atoms with Gasteiger partial charge in [0, 0.05) is 52.8 Å². The summed E-state index contributed by atoms with van der Waals surface area (Å²) in [6.07, 6.45) is 0. The Labute approximate surface area is 547 Å². The molecule has 490 valence electrons. The van der Waals surface area contributed by atoms with Gasteiger partial charge in [0.2, 0.25) is 0 Å². The Hall–Kier alpha value is -8.49. The summed E-state index contributed by atoms with van der Waals surface area (Å²) in [5, 5.41) is 37.4. The maximum atomic E-state index is 12.2. The fraction of sp³-hybridized carbons (Fsp3) is 0.406. The van der Waals surface area contributed by atoms with Gasteiger partial charge in [-0.15, -0.1) is 0 Å². The molecule has 0 bridgehead atoms. The molecule has 4 atom stereocenters. The smallest absolute Gasteiger partial charge is 0.327 e. The minimum Gasteiger partial charge on any atom is -0.480 e. The van der Waals surface area contributed by atoms with E-state index in [1.165, 1.54) is 62.4 Å². The zero-order valence-electron chi connectivity index (χ0n) is 52.7. The van der Waals surface area contributed by atoms with Crippen LogP contribution in [-0.2, 0) is 77.2 Å². The van der Waals surface area contributed by atoms with Crippen molar-refractivity contribution in [1.29, 1.82) is 0 Å². The standard InChI is InChI=1S/4C14H15NO4.2C4H8O2.2Rh/c4*1-14(2,3)10(13(18)19)15-11(16)8-6-4-5-7-9(8)12(15)17;2*1-3-6-4(2)5;;/h4*4-7,10H,1-3H3,(H,18,19);2*3H2,1-2H3;;. The molecule has 0 aliphatic carbocycles. The van der Waals surface area contributed by atoms with Crippen LogP contribution < -0.4 is 0 Å². The number of carboxylic acid groups (broad SMARTS) is 4. The van der Waals surface area contributed by atoms with E-state index in [9.17, 15) is 87.5 Å². The molecule has 0 aromatic heterocycles. The van der Waals surface area contributed by atoms with Crippen molar-refractivity contribution >= 4 is 83.1 Å². The first-order valence-electron chi connectivity index (χ1n) is 27.6. The van der Waals surface area contributed by atoms with Gasteiger partial charge in [-0.3, -0.25) is 67.5 Å². The molecule has 8 rings (SSSR count). The normalized spacial score (nSPS) is 14.9. The van der Waals surface area contributed by atoms with Gasteiger partial charge in [-0.2, -0.15) is 0 Å². The van der Waals surface area contributed by atoms with Crippen molar-refractivity contribution < 1.29 is 136 Å². The summed E-state index contributed by atoms with van der Waals surface area (Å²) >= 11 is 0. The van der Waals surface area contributed by atoms with E-state index >= 15 is 0 Å². The zero-order valence-corrected chi connectivity index (χ0v) is 56.0. The molecule has 4 aromatic rings. The van der Waals surface area contributed by atoms with E-state index in [1.807, 2.05) is 0 Å². The van der Waals surface area contributed by atoms with E-state index in [0.717, 1.165) is 19.6 Å². The van der Waals surface area contributed by atoms with E-state index < -0.39 is 117 Å². The Morgan fingerprint density at radius 1 is 0.322 bits per heavy atom. The summed E-state index contributed by atoms with van der Waals surface area (Å²) < 4.78 is 8.81. The van der Waals surface area contributed by atoms with Crippen LogP contribution in [-0.4, -0.2) is 160 Å². The molecule has 0 saturated carbocycles. The second-order valence-corrected chi connectivity index (χ2v) is 24.4. The number of carbonyl (C=O) groups excluding carboxylic acids is 10. The SMILES string of the molecule is CC(C)(C)C(C(=O)O)N1C(=O)c2ccccc2C1=O.CC(C)(C)C(C(=O)O)N1C(=O)c2ccccc2C1=O.CC(C)(C)C(C(=O)O)N1C(=O)c2ccccc2C1=O.CC(C)(C)C(C(=O)O)N1C(=O)c2ccccc2C1=O.CCOC(C)=O.CCOC(C)=O.[Rh].[Rh]. The van der Waals surface area contributed by atoms with Gasteiger partial charge in [0.25, 0.3) is 47.3 Å². The quantitative estimate of drug-likeness (QED) is 0.0659. The number of benzene rings is 4. The van der Waals surface area contributed by atoms with Crippen LogP contribution in [0.4, 0.5) is 0 Å². The molecular formula is C64H76N4O20Rh2. The van der Waals surface area contributed by atoms with E-state index in [-0.39, 0.29) is 95.4 Å². The number of carboxylic acids is 4. The van der Waals surface area contributed by atoms with Gasteiger partial charge in [0.15, 0.2) is 0 Å². The topological polar surface area (TPSA) is 351 Å². The zero-order chi connectivity index (χ0) is 67.5. The van der Waals surface area contributed by atoms with Gasteiger partial charge in [-0.25, -0.2) is 19.2 Å². The molecule has 0 fully saturated rings. The van der Waals surface area contributed by atoms with E-state index in [0.29, 0.717) is 13.2 Å². The number of imide groups is 4. The third kappa shape index (κ3) is 18.8. The molecule has 4 aliphatic heterocycles. The molecular weight excluding hydrogens is 1350 g/mol. The summed E-state index contributed by atoms with van der Waals surface area (Å²) in [6.45, 7) is 27.6. The fourth-order valence-corrected chi connectivity index (χ4v) is 9.65. The Kier molecular flexibility index (Phi) is 28.5. The Bertz CT molecular complexity index is 2850. The number of esters is 2. The summed E-state index contributed by atoms with van der Waals surface area (Å²) in [6, 6.07) is 20.8. The Morgan fingerprint density at radius 3 is 0.511 bits per heavy atom. The number of hydrogen-bond acceptors (Lipinski definition) is 16. The number of hydrogen-bond donors (Lipinski definition) is 4. The molecule has 8 amide bonds. The number of fused-ring (bicyclic) bond motifs is 4. The number of nitrogens with zero attached hydrogens (tertiary/aromatic N) is 4. The van der Waals surface area contributed by atoms with Crippen LogP contribution in [0.1, 0.15) is 194 Å². The number of carbonyl (C=O) groups is 14. The van der Waals surface area contributed by atoms with E-state index in [2.05, 4.69) is 9.47 Å². The van der Waals surface area contributed by atoms with Crippen molar-refractivity contribution in [3.8, 4) is 0 Å². The number of aliphatic carboxylic acids is 4. The first kappa shape index (κ1) is 79.5. The third-order valence-electron chi connectivity index (χ3n) is 13.2. The number of ether oxygens (including phenoxy) is 2. The molecule has 4 heterocycles. The van der Waals surface area contributed by atoms with Crippen LogP contribution in [0.25, 0.3) is 0 Å². The molecule has 90 heavy (non-hydrogen) atoms. The average molecular weight is 1430 g/mol. The molecule has 0 spiro atoms. The predicted octanol–water partition coefficient (Wildman–Crippen LogP) is 8.26. The van der Waals surface area contributed by atoms with Crippen LogP contribution in [0.2, 0.25) is 0 Å². The molecule has 2 radical (unpaired) electrons. The van der Waals surface area contributed by atoms with Crippen molar-refractivity contribution in [3.05, 3.63) is 142 Å². The van der Waals surface area contributed by atoms with Crippen molar-refractivity contribution in [2.45, 2.75) is 135 Å². The summed E-state index contributed by atoms with van der Waals surface area (Å²) in [5.74, 6) is -9.45. The van der Waals surface area contributed by atoms with Crippen LogP contribution in [0.3, 0.4) is 0 Å². The van der Waals surface area contributed by atoms with Gasteiger partial charge in [-0.1, -0.05) is 132 Å². The molecule has 4 aromatic carbocycles. The molecule has 4 N–H and O–H groups in total. The molecule has 26 heteroatoms. The van der Waals surface area contributed by atoms with E-state index in [4.69, 9.17) is 0 Å². The second-order valence-electron chi connectivity index (χ2n) is 24.4. The summed E-state index contributed by atoms with van der Waals surface area (Å²) in [5.41, 5.74) is -0.814. The van der Waals surface area contributed by atoms with Gasteiger partial charge >= 0.3 is 35.8 Å². The van der Waals surface area contributed by atoms with Crippen molar-refractivity contribution in [2.75, 3.05) is 13.2 Å². The van der Waals surface area contributed by atoms with Gasteiger partial charge in [0.05, 0.1) is 57.7 Å². The van der Waals surface area contributed by atoms with Gasteiger partial charge in [0.1, 0.15) is 24.2 Å². The maximum Gasteiger partial charge on any atom is 0.327 e. The number of amides is 8. The monoisotopic (exact) mass is 1430 g/mol. The molecule has 4 unspecified atom stereocenters. The fourth-order valence-electron chi connectivity index (χ4n) is 9.65. The van der Waals surface area contributed by atoms with Crippen molar-refractivity contribution in [1.82, 2.24) is 19.6 Å². The maximum absolute atomic E-state index is 12.2. The van der Waals surface area contributed by atoms with Crippen molar-refractivity contribution in [3.63, 3.8) is 0 Å². The second kappa shape index (κ2) is 32.3. The minimum absolute atomic E-state index is 0. The predicted molar refractivity (Wildman–Crippen MR) is 316 cm³/mol. The van der Waals surface area contributed by atoms with Gasteiger partial charge in [-0.05, 0) is 84.0 Å². The summed E-state index contributed by atoms with van der Waals surface area (Å²) in [7, 11) is 0. The van der Waals surface area contributed by atoms with E-state index in [1.54, 1.807) is 145 Å². The Balaban J connectivity index is 0.000000561. The van der Waals surface area contributed by atoms with Crippen LogP contribution in [0.15, 0.2) is 97.1 Å². The van der Waals surface area contributed by atoms with Crippen LogP contribution >= 0.6 is 0 Å².